The fraction of sp³-hybridized carbons (Fsp3) is 0.0625. The molecule has 0 aliphatic carbocycles. The molecule has 1 aromatic heterocycles. The largest absolute Gasteiger partial charge is 0.366 e. The Balaban J connectivity index is 1.99. The zero-order valence-corrected chi connectivity index (χ0v) is 11.0. The number of nitrogens with two attached hydrogens (primary N) is 1. The third kappa shape index (κ3) is 2.50. The van der Waals surface area contributed by atoms with E-state index in [9.17, 15) is 13.6 Å². The Morgan fingerprint density at radius 1 is 1.10 bits per heavy atom. The minimum absolute atomic E-state index is 0.125. The van der Waals surface area contributed by atoms with Gasteiger partial charge >= 0.3 is 0 Å². The van der Waals surface area contributed by atoms with Crippen molar-refractivity contribution in [3.05, 3.63) is 71.4 Å². The Bertz CT molecular complexity index is 839. The Morgan fingerprint density at radius 2 is 1.90 bits per heavy atom. The van der Waals surface area contributed by atoms with Crippen LogP contribution >= 0.6 is 0 Å². The first-order chi connectivity index (χ1) is 10.0. The molecule has 5 heteroatoms. The van der Waals surface area contributed by atoms with Gasteiger partial charge < -0.3 is 10.3 Å². The first-order valence-corrected chi connectivity index (χ1v) is 6.37. The van der Waals surface area contributed by atoms with E-state index in [1.807, 2.05) is 6.07 Å². The molecule has 21 heavy (non-hydrogen) atoms. The second-order valence-electron chi connectivity index (χ2n) is 4.82. The highest BCUT2D eigenvalue weighted by molar-refractivity contribution is 5.92. The van der Waals surface area contributed by atoms with Crippen molar-refractivity contribution in [2.45, 2.75) is 6.54 Å². The minimum atomic E-state index is -0.672. The first kappa shape index (κ1) is 13.3. The van der Waals surface area contributed by atoms with Crippen LogP contribution in [0.25, 0.3) is 10.9 Å². The van der Waals surface area contributed by atoms with Crippen LogP contribution in [-0.2, 0) is 6.54 Å². The average molecular weight is 286 g/mol. The fourth-order valence-corrected chi connectivity index (χ4v) is 2.31. The maximum atomic E-state index is 14.0. The van der Waals surface area contributed by atoms with E-state index in [-0.39, 0.29) is 17.9 Å². The van der Waals surface area contributed by atoms with Gasteiger partial charge in [0, 0.05) is 17.3 Å². The van der Waals surface area contributed by atoms with Gasteiger partial charge in [-0.15, -0.1) is 0 Å². The Kier molecular flexibility index (Phi) is 3.17. The number of amides is 1. The summed E-state index contributed by atoms with van der Waals surface area (Å²) in [5, 5.41) is 0.880. The number of hydrogen-bond donors (Lipinski definition) is 1. The van der Waals surface area contributed by atoms with E-state index in [1.54, 1.807) is 16.8 Å². The van der Waals surface area contributed by atoms with Crippen molar-refractivity contribution in [1.82, 2.24) is 4.57 Å². The van der Waals surface area contributed by atoms with Crippen LogP contribution in [0.15, 0.2) is 48.7 Å². The molecule has 0 fully saturated rings. The molecule has 0 bridgehead atoms. The third-order valence-electron chi connectivity index (χ3n) is 3.41. The number of halogens is 2. The number of benzene rings is 2. The van der Waals surface area contributed by atoms with Gasteiger partial charge in [-0.25, -0.2) is 8.78 Å². The summed E-state index contributed by atoms with van der Waals surface area (Å²) < 4.78 is 29.1. The zero-order chi connectivity index (χ0) is 15.0. The molecule has 1 amide bonds. The number of aromatic nitrogens is 1. The number of fused-ring (bicyclic) bond motifs is 1. The van der Waals surface area contributed by atoms with Gasteiger partial charge in [0.2, 0.25) is 5.91 Å². The van der Waals surface area contributed by atoms with Crippen molar-refractivity contribution in [3.8, 4) is 0 Å². The molecule has 0 saturated carbocycles. The molecule has 3 rings (SSSR count). The topological polar surface area (TPSA) is 48.0 Å². The predicted octanol–water partition coefficient (Wildman–Crippen LogP) is 3.07. The number of carbonyl (C=O) groups excluding carboxylic acids is 1. The Hall–Kier alpha value is -2.69. The lowest BCUT2D eigenvalue weighted by Crippen LogP contribution is -2.12. The fourth-order valence-electron chi connectivity index (χ4n) is 2.31. The lowest BCUT2D eigenvalue weighted by atomic mass is 10.1. The van der Waals surface area contributed by atoms with Crippen molar-refractivity contribution >= 4 is 16.8 Å². The van der Waals surface area contributed by atoms with Crippen LogP contribution in [0, 0.1) is 11.6 Å². The van der Waals surface area contributed by atoms with Crippen LogP contribution in [0.2, 0.25) is 0 Å². The highest BCUT2D eigenvalue weighted by atomic mass is 19.1. The summed E-state index contributed by atoms with van der Waals surface area (Å²) >= 11 is 0. The van der Waals surface area contributed by atoms with E-state index in [0.717, 1.165) is 11.5 Å². The van der Waals surface area contributed by atoms with Crippen molar-refractivity contribution in [2.24, 2.45) is 5.73 Å². The maximum Gasteiger partial charge on any atom is 0.248 e. The molecule has 2 aromatic carbocycles. The quantitative estimate of drug-likeness (QED) is 0.790. The smallest absolute Gasteiger partial charge is 0.248 e. The summed E-state index contributed by atoms with van der Waals surface area (Å²) in [6, 6.07) is 10.4. The van der Waals surface area contributed by atoms with E-state index in [4.69, 9.17) is 5.73 Å². The zero-order valence-electron chi connectivity index (χ0n) is 11.0. The van der Waals surface area contributed by atoms with Crippen LogP contribution in [0.3, 0.4) is 0 Å². The molecular weight excluding hydrogens is 274 g/mol. The Labute approximate surface area is 119 Å². The first-order valence-electron chi connectivity index (χ1n) is 6.37. The average Bonchev–Trinajstić information content (AvgIpc) is 2.83. The molecule has 3 aromatic rings. The monoisotopic (exact) mass is 286 g/mol. The van der Waals surface area contributed by atoms with Crippen molar-refractivity contribution in [3.63, 3.8) is 0 Å². The van der Waals surface area contributed by atoms with Gasteiger partial charge in [-0.05, 0) is 41.8 Å². The maximum absolute atomic E-state index is 14.0. The van der Waals surface area contributed by atoms with Gasteiger partial charge in [0.1, 0.15) is 11.6 Å². The molecule has 106 valence electrons. The van der Waals surface area contributed by atoms with Crippen LogP contribution in [-0.4, -0.2) is 10.5 Å². The minimum Gasteiger partial charge on any atom is -0.366 e. The second kappa shape index (κ2) is 5.01. The molecule has 0 atom stereocenters. The van der Waals surface area contributed by atoms with Crippen LogP contribution < -0.4 is 5.73 Å². The van der Waals surface area contributed by atoms with Crippen molar-refractivity contribution in [2.75, 3.05) is 0 Å². The van der Waals surface area contributed by atoms with Gasteiger partial charge in [-0.2, -0.15) is 0 Å². The molecule has 0 unspecified atom stereocenters. The van der Waals surface area contributed by atoms with E-state index in [1.165, 1.54) is 24.3 Å². The van der Waals surface area contributed by atoms with E-state index in [2.05, 4.69) is 0 Å². The molecule has 0 aliphatic heterocycles. The molecule has 2 N–H and O–H groups in total. The SMILES string of the molecule is NC(=O)c1ccc(Cn2ccc3ccc(F)cc32)c(F)c1. The van der Waals surface area contributed by atoms with E-state index >= 15 is 0 Å². The summed E-state index contributed by atoms with van der Waals surface area (Å²) in [6.45, 7) is 0.248. The van der Waals surface area contributed by atoms with E-state index in [0.29, 0.717) is 11.1 Å². The van der Waals surface area contributed by atoms with Crippen molar-refractivity contribution in [1.29, 1.82) is 0 Å². The molecular formula is C16H12F2N2O. The lowest BCUT2D eigenvalue weighted by molar-refractivity contribution is 0.1000. The number of nitrogens with zero attached hydrogens (tertiary/aromatic N) is 1. The molecule has 3 nitrogen and oxygen atoms in total. The van der Waals surface area contributed by atoms with Crippen molar-refractivity contribution < 1.29 is 13.6 Å². The van der Waals surface area contributed by atoms with Gasteiger partial charge in [-0.1, -0.05) is 6.07 Å². The summed E-state index contributed by atoms with van der Waals surface area (Å²) in [4.78, 5) is 11.0. The van der Waals surface area contributed by atoms with Gasteiger partial charge in [0.15, 0.2) is 0 Å². The molecule has 0 saturated heterocycles. The van der Waals surface area contributed by atoms with Gasteiger partial charge in [0.05, 0.1) is 12.1 Å². The van der Waals surface area contributed by atoms with E-state index < -0.39 is 11.7 Å². The predicted molar refractivity (Wildman–Crippen MR) is 75.9 cm³/mol. The van der Waals surface area contributed by atoms with Gasteiger partial charge in [-0.3, -0.25) is 4.79 Å². The standard InChI is InChI=1S/C16H12F2N2O/c17-13-4-3-10-5-6-20(15(10)8-13)9-12-2-1-11(16(19)21)7-14(12)18/h1-8H,9H2,(H2,19,21). The number of carbonyl (C=O) groups is 1. The summed E-state index contributed by atoms with van der Waals surface area (Å²) in [5.74, 6) is -1.52. The molecule has 1 heterocycles. The summed E-state index contributed by atoms with van der Waals surface area (Å²) in [6.07, 6.45) is 1.77. The third-order valence-corrected chi connectivity index (χ3v) is 3.41. The summed E-state index contributed by atoms with van der Waals surface area (Å²) in [7, 11) is 0. The second-order valence-corrected chi connectivity index (χ2v) is 4.82. The normalized spacial score (nSPS) is 11.0. The molecule has 0 radical (unpaired) electrons. The van der Waals surface area contributed by atoms with Crippen LogP contribution in [0.1, 0.15) is 15.9 Å². The number of rotatable bonds is 3. The lowest BCUT2D eigenvalue weighted by Gasteiger charge is -2.08. The van der Waals surface area contributed by atoms with Crippen LogP contribution in [0.5, 0.6) is 0 Å². The molecule has 0 aliphatic rings. The summed E-state index contributed by atoms with van der Waals surface area (Å²) in [5.41, 5.74) is 6.32. The number of hydrogen-bond acceptors (Lipinski definition) is 1. The highest BCUT2D eigenvalue weighted by Crippen LogP contribution is 2.20. The number of primary amides is 1. The molecule has 0 spiro atoms. The van der Waals surface area contributed by atoms with Gasteiger partial charge in [0.25, 0.3) is 0 Å². The highest BCUT2D eigenvalue weighted by Gasteiger charge is 2.09. The van der Waals surface area contributed by atoms with Crippen LogP contribution in [0.4, 0.5) is 8.78 Å². The Morgan fingerprint density at radius 3 is 2.62 bits per heavy atom.